The van der Waals surface area contributed by atoms with E-state index in [1.54, 1.807) is 0 Å². The second-order valence-electron chi connectivity index (χ2n) is 2.22. The highest BCUT2D eigenvalue weighted by atomic mass is 16.4. The Morgan fingerprint density at radius 2 is 1.73 bits per heavy atom. The molecule has 2 nitrogen and oxygen atoms in total. The molecule has 0 aromatic heterocycles. The number of hydrogen-bond acceptors (Lipinski definition) is 2. The van der Waals surface area contributed by atoms with Crippen LogP contribution in [0, 0.1) is 13.7 Å². The molecule has 0 fully saturated rings. The highest BCUT2D eigenvalue weighted by molar-refractivity contribution is 6.58. The summed E-state index contributed by atoms with van der Waals surface area (Å²) in [4.78, 5) is 0. The molecule has 0 saturated carbocycles. The summed E-state index contributed by atoms with van der Waals surface area (Å²) >= 11 is 0. The Labute approximate surface area is 75.1 Å². The molecule has 0 bridgehead atoms. The van der Waals surface area contributed by atoms with Gasteiger partial charge in [-0.25, -0.2) is 0 Å². The van der Waals surface area contributed by atoms with Crippen molar-refractivity contribution in [2.24, 2.45) is 0 Å². The van der Waals surface area contributed by atoms with Crippen LogP contribution in [0.15, 0.2) is 18.2 Å². The molecule has 0 heterocycles. The molecule has 11 heavy (non-hydrogen) atoms. The lowest BCUT2D eigenvalue weighted by molar-refractivity contribution is 0.425. The van der Waals surface area contributed by atoms with E-state index in [0.717, 1.165) is 18.2 Å². The van der Waals surface area contributed by atoms with Gasteiger partial charge in [0, 0.05) is 8.22 Å². The highest BCUT2D eigenvalue weighted by Gasteiger charge is 2.10. The van der Waals surface area contributed by atoms with Crippen LogP contribution in [0.2, 0.25) is 0 Å². The molecule has 0 aliphatic carbocycles. The lowest BCUT2D eigenvalue weighted by Crippen LogP contribution is -2.30. The largest absolute Gasteiger partial charge is 0.488 e. The minimum absolute atomic E-state index is 0.148. The molecule has 2 N–H and O–H groups in total. The standard InChI is InChI=1S/C8H11BO2/c1-6-3-7(2)5-8(4-6)9(10)11/h3-5,10-11H,1-2H3/i1D3,2D3. The molecule has 1 aromatic carbocycles. The van der Waals surface area contributed by atoms with E-state index in [9.17, 15) is 0 Å². The Hall–Kier alpha value is -0.795. The molecule has 1 rings (SSSR count). The molecular formula is C8H11BO2. The van der Waals surface area contributed by atoms with Gasteiger partial charge in [-0.15, -0.1) is 0 Å². The molecule has 0 aliphatic rings. The van der Waals surface area contributed by atoms with E-state index in [1.807, 2.05) is 0 Å². The minimum atomic E-state index is -2.50. The Morgan fingerprint density at radius 1 is 1.18 bits per heavy atom. The summed E-state index contributed by atoms with van der Waals surface area (Å²) in [7, 11) is -1.90. The van der Waals surface area contributed by atoms with Crippen LogP contribution in [-0.2, 0) is 0 Å². The Balaban J connectivity index is 3.40. The summed E-state index contributed by atoms with van der Waals surface area (Å²) in [6.45, 7) is -4.99. The Bertz CT molecular complexity index is 379. The van der Waals surface area contributed by atoms with Gasteiger partial charge >= 0.3 is 7.12 Å². The quantitative estimate of drug-likeness (QED) is 0.561. The van der Waals surface area contributed by atoms with Crippen molar-refractivity contribution in [3.8, 4) is 0 Å². The molecule has 0 radical (unpaired) electrons. The molecule has 0 saturated heterocycles. The van der Waals surface area contributed by atoms with Gasteiger partial charge in [-0.05, 0) is 19.2 Å². The average molecular weight is 156 g/mol. The summed E-state index contributed by atoms with van der Waals surface area (Å²) in [6, 6.07) is 3.16. The summed E-state index contributed by atoms with van der Waals surface area (Å²) in [5, 5.41) is 18.0. The Kier molecular flexibility index (Phi) is 0.919. The third-order valence-corrected chi connectivity index (χ3v) is 1.25. The fourth-order valence-electron chi connectivity index (χ4n) is 0.801. The second kappa shape index (κ2) is 3.07. The average Bonchev–Trinajstić information content (AvgIpc) is 2.14. The summed E-state index contributed by atoms with van der Waals surface area (Å²) in [5.74, 6) is 0. The van der Waals surface area contributed by atoms with Crippen molar-refractivity contribution in [2.75, 3.05) is 0 Å². The minimum Gasteiger partial charge on any atom is -0.423 e. The molecule has 1 aromatic rings. The van der Waals surface area contributed by atoms with Crippen LogP contribution in [-0.4, -0.2) is 17.2 Å². The maximum absolute atomic E-state index is 8.99. The predicted molar refractivity (Wildman–Crippen MR) is 45.7 cm³/mol. The van der Waals surface area contributed by atoms with E-state index in [1.165, 1.54) is 0 Å². The molecule has 0 aliphatic heterocycles. The number of rotatable bonds is 1. The molecule has 0 amide bonds. The van der Waals surface area contributed by atoms with E-state index in [0.29, 0.717) is 0 Å². The van der Waals surface area contributed by atoms with Crippen LogP contribution >= 0.6 is 0 Å². The van der Waals surface area contributed by atoms with E-state index < -0.39 is 20.8 Å². The zero-order chi connectivity index (χ0) is 13.4. The Morgan fingerprint density at radius 3 is 2.09 bits per heavy atom. The van der Waals surface area contributed by atoms with Gasteiger partial charge in [0.05, 0.1) is 0 Å². The summed E-state index contributed by atoms with van der Waals surface area (Å²) in [6.07, 6.45) is 0. The van der Waals surface area contributed by atoms with Gasteiger partial charge < -0.3 is 10.0 Å². The SMILES string of the molecule is [2H]C([2H])([2H])c1cc(B(O)O)cc(C([2H])([2H])[2H])c1. The molecular weight excluding hydrogens is 139 g/mol. The second-order valence-corrected chi connectivity index (χ2v) is 2.22. The normalized spacial score (nSPS) is 20.2. The first kappa shape index (κ1) is 3.29. The fraction of sp³-hybridized carbons (Fsp3) is 0.250. The van der Waals surface area contributed by atoms with Crippen LogP contribution in [0.5, 0.6) is 0 Å². The van der Waals surface area contributed by atoms with Gasteiger partial charge in [0.2, 0.25) is 0 Å². The van der Waals surface area contributed by atoms with Gasteiger partial charge in [0.25, 0.3) is 0 Å². The third-order valence-electron chi connectivity index (χ3n) is 1.25. The van der Waals surface area contributed by atoms with Crippen molar-refractivity contribution in [3.63, 3.8) is 0 Å². The first-order valence-corrected chi connectivity index (χ1v) is 3.04. The van der Waals surface area contributed by atoms with Crippen LogP contribution in [0.3, 0.4) is 0 Å². The fourth-order valence-corrected chi connectivity index (χ4v) is 0.801. The molecule has 0 atom stereocenters. The number of hydrogen-bond donors (Lipinski definition) is 2. The summed E-state index contributed by atoms with van der Waals surface area (Å²) < 4.78 is 43.2. The van der Waals surface area contributed by atoms with Crippen molar-refractivity contribution in [1.82, 2.24) is 0 Å². The predicted octanol–water partition coefficient (Wildman–Crippen LogP) is -0.0168. The topological polar surface area (TPSA) is 40.5 Å². The van der Waals surface area contributed by atoms with E-state index >= 15 is 0 Å². The third kappa shape index (κ3) is 2.07. The van der Waals surface area contributed by atoms with E-state index in [4.69, 9.17) is 18.3 Å². The zero-order valence-electron chi connectivity index (χ0n) is 11.7. The highest BCUT2D eigenvalue weighted by Crippen LogP contribution is 1.99. The van der Waals surface area contributed by atoms with Gasteiger partial charge in [-0.2, -0.15) is 0 Å². The molecule has 3 heteroatoms. The van der Waals surface area contributed by atoms with Gasteiger partial charge in [-0.3, -0.25) is 0 Å². The summed E-state index contributed by atoms with van der Waals surface area (Å²) in [5.41, 5.74) is -0.604. The van der Waals surface area contributed by atoms with Crippen LogP contribution in [0.25, 0.3) is 0 Å². The smallest absolute Gasteiger partial charge is 0.423 e. The maximum Gasteiger partial charge on any atom is 0.488 e. The van der Waals surface area contributed by atoms with Crippen LogP contribution in [0.4, 0.5) is 0 Å². The maximum atomic E-state index is 8.99. The molecule has 58 valence electrons. The van der Waals surface area contributed by atoms with Crippen molar-refractivity contribution in [1.29, 1.82) is 0 Å². The van der Waals surface area contributed by atoms with Crippen LogP contribution in [0.1, 0.15) is 19.4 Å². The monoisotopic (exact) mass is 156 g/mol. The lowest BCUT2D eigenvalue weighted by atomic mass is 9.79. The van der Waals surface area contributed by atoms with Gasteiger partial charge in [0.1, 0.15) is 0 Å². The van der Waals surface area contributed by atoms with Crippen molar-refractivity contribution >= 4 is 12.6 Å². The van der Waals surface area contributed by atoms with E-state index in [-0.39, 0.29) is 16.6 Å². The first-order chi connectivity index (χ1) is 7.51. The van der Waals surface area contributed by atoms with Crippen LogP contribution < -0.4 is 5.46 Å². The number of benzene rings is 1. The first-order valence-electron chi connectivity index (χ1n) is 6.04. The number of aryl methyl sites for hydroxylation is 2. The molecule has 0 unspecified atom stereocenters. The molecule has 0 spiro atoms. The lowest BCUT2D eigenvalue weighted by Gasteiger charge is -2.02. The van der Waals surface area contributed by atoms with Crippen molar-refractivity contribution < 1.29 is 18.3 Å². The van der Waals surface area contributed by atoms with E-state index in [2.05, 4.69) is 0 Å². The van der Waals surface area contributed by atoms with Crippen molar-refractivity contribution in [2.45, 2.75) is 13.7 Å². The van der Waals surface area contributed by atoms with Gasteiger partial charge in [-0.1, -0.05) is 29.3 Å². The van der Waals surface area contributed by atoms with Crippen molar-refractivity contribution in [3.05, 3.63) is 29.3 Å². The zero-order valence-corrected chi connectivity index (χ0v) is 5.70. The van der Waals surface area contributed by atoms with Gasteiger partial charge in [0.15, 0.2) is 0 Å².